The Morgan fingerprint density at radius 1 is 1.00 bits per heavy atom. The summed E-state index contributed by atoms with van der Waals surface area (Å²) >= 11 is 0. The van der Waals surface area contributed by atoms with Crippen LogP contribution in [0.25, 0.3) is 10.8 Å². The minimum Gasteiger partial charge on any atom is -0.507 e. The number of rotatable bonds is 4. The van der Waals surface area contributed by atoms with Crippen molar-refractivity contribution in [2.75, 3.05) is 5.32 Å². The maximum atomic E-state index is 12.3. The van der Waals surface area contributed by atoms with Gasteiger partial charge in [-0.15, -0.1) is 0 Å². The highest BCUT2D eigenvalue weighted by molar-refractivity contribution is 5.99. The first-order valence-electron chi connectivity index (χ1n) is 8.24. The van der Waals surface area contributed by atoms with E-state index in [0.29, 0.717) is 5.69 Å². The summed E-state index contributed by atoms with van der Waals surface area (Å²) in [5, 5.41) is 14.7. The Morgan fingerprint density at radius 3 is 2.46 bits per heavy atom. The molecule has 0 aliphatic rings. The Balaban J connectivity index is 1.67. The molecule has 3 aromatic rings. The van der Waals surface area contributed by atoms with Crippen molar-refractivity contribution in [3.8, 4) is 5.75 Å². The molecule has 1 atom stereocenters. The quantitative estimate of drug-likeness (QED) is 0.697. The van der Waals surface area contributed by atoms with Crippen LogP contribution < -0.4 is 5.32 Å². The number of amides is 1. The van der Waals surface area contributed by atoms with Crippen LogP contribution in [0.15, 0.2) is 60.7 Å². The number of phenolic OH excluding ortho intramolecular Hbond substituents is 1. The Bertz CT molecular complexity index is 981. The maximum absolute atomic E-state index is 12.3. The van der Waals surface area contributed by atoms with Gasteiger partial charge in [0.2, 0.25) is 0 Å². The number of fused-ring (bicyclic) bond motifs is 1. The molecule has 2 N–H and O–H groups in total. The van der Waals surface area contributed by atoms with Gasteiger partial charge in [-0.3, -0.25) is 4.79 Å². The van der Waals surface area contributed by atoms with Gasteiger partial charge in [0, 0.05) is 5.69 Å². The highest BCUT2D eigenvalue weighted by atomic mass is 16.5. The largest absolute Gasteiger partial charge is 0.507 e. The van der Waals surface area contributed by atoms with Crippen LogP contribution in [0.1, 0.15) is 22.8 Å². The third-order valence-electron chi connectivity index (χ3n) is 4.04. The summed E-state index contributed by atoms with van der Waals surface area (Å²) in [6, 6.07) is 18.0. The first-order valence-corrected chi connectivity index (χ1v) is 8.24. The zero-order chi connectivity index (χ0) is 18.7. The van der Waals surface area contributed by atoms with Crippen molar-refractivity contribution in [2.24, 2.45) is 0 Å². The van der Waals surface area contributed by atoms with Gasteiger partial charge in [-0.05, 0) is 54.4 Å². The Hall–Kier alpha value is -3.34. The van der Waals surface area contributed by atoms with E-state index in [1.807, 2.05) is 36.4 Å². The number of anilines is 1. The van der Waals surface area contributed by atoms with Crippen LogP contribution in [0.3, 0.4) is 0 Å². The maximum Gasteiger partial charge on any atom is 0.342 e. The average molecular weight is 349 g/mol. The number of carbonyl (C=O) groups is 2. The predicted octanol–water partition coefficient (Wildman–Crippen LogP) is 4.04. The molecule has 0 saturated heterocycles. The molecule has 0 heterocycles. The van der Waals surface area contributed by atoms with E-state index in [0.717, 1.165) is 16.3 Å². The lowest BCUT2D eigenvalue weighted by molar-refractivity contribution is -0.123. The molecule has 0 unspecified atom stereocenters. The number of hydrogen-bond acceptors (Lipinski definition) is 4. The van der Waals surface area contributed by atoms with Crippen molar-refractivity contribution in [1.82, 2.24) is 0 Å². The van der Waals surface area contributed by atoms with Crippen LogP contribution in [0.5, 0.6) is 5.75 Å². The van der Waals surface area contributed by atoms with Crippen molar-refractivity contribution >= 4 is 28.3 Å². The second kappa shape index (κ2) is 7.27. The SMILES string of the molecule is Cc1ccc(C(=O)O[C@@H](C)C(=O)Nc2ccc3ccccc3c2)c(O)c1. The molecule has 0 saturated carbocycles. The van der Waals surface area contributed by atoms with E-state index in [1.54, 1.807) is 19.1 Å². The molecular weight excluding hydrogens is 330 g/mol. The molecule has 0 bridgehead atoms. The predicted molar refractivity (Wildman–Crippen MR) is 100 cm³/mol. The average Bonchev–Trinajstić information content (AvgIpc) is 2.61. The van der Waals surface area contributed by atoms with Crippen LogP contribution in [-0.2, 0) is 9.53 Å². The highest BCUT2D eigenvalue weighted by Gasteiger charge is 2.21. The highest BCUT2D eigenvalue weighted by Crippen LogP contribution is 2.21. The van der Waals surface area contributed by atoms with Gasteiger partial charge < -0.3 is 15.2 Å². The third-order valence-corrected chi connectivity index (χ3v) is 4.04. The van der Waals surface area contributed by atoms with Crippen LogP contribution in [0, 0.1) is 6.92 Å². The van der Waals surface area contributed by atoms with Crippen LogP contribution >= 0.6 is 0 Å². The number of aryl methyl sites for hydroxylation is 1. The van der Waals surface area contributed by atoms with Crippen LogP contribution in [0.2, 0.25) is 0 Å². The third kappa shape index (κ3) is 3.83. The molecule has 3 aromatic carbocycles. The molecule has 3 rings (SSSR count). The molecule has 132 valence electrons. The smallest absolute Gasteiger partial charge is 0.342 e. The lowest BCUT2D eigenvalue weighted by atomic mass is 10.1. The topological polar surface area (TPSA) is 75.6 Å². The van der Waals surface area contributed by atoms with Gasteiger partial charge in [-0.2, -0.15) is 0 Å². The summed E-state index contributed by atoms with van der Waals surface area (Å²) in [6.07, 6.45) is -1.00. The number of phenols is 1. The van der Waals surface area contributed by atoms with E-state index in [9.17, 15) is 14.7 Å². The fourth-order valence-corrected chi connectivity index (χ4v) is 2.60. The van der Waals surface area contributed by atoms with E-state index in [4.69, 9.17) is 4.74 Å². The molecule has 0 aromatic heterocycles. The lowest BCUT2D eigenvalue weighted by Crippen LogP contribution is -2.30. The van der Waals surface area contributed by atoms with E-state index >= 15 is 0 Å². The summed E-state index contributed by atoms with van der Waals surface area (Å²) < 4.78 is 5.17. The van der Waals surface area contributed by atoms with E-state index in [1.165, 1.54) is 19.1 Å². The lowest BCUT2D eigenvalue weighted by Gasteiger charge is -2.14. The summed E-state index contributed by atoms with van der Waals surface area (Å²) in [4.78, 5) is 24.5. The fraction of sp³-hybridized carbons (Fsp3) is 0.143. The summed E-state index contributed by atoms with van der Waals surface area (Å²) in [7, 11) is 0. The van der Waals surface area contributed by atoms with Gasteiger partial charge in [0.15, 0.2) is 6.10 Å². The molecule has 0 radical (unpaired) electrons. The Kier molecular flexibility index (Phi) is 4.89. The molecule has 0 aliphatic heterocycles. The number of nitrogens with one attached hydrogen (secondary N) is 1. The van der Waals surface area contributed by atoms with Gasteiger partial charge in [-0.1, -0.05) is 36.4 Å². The Morgan fingerprint density at radius 2 is 1.73 bits per heavy atom. The van der Waals surface area contributed by atoms with E-state index < -0.39 is 18.0 Å². The second-order valence-electron chi connectivity index (χ2n) is 6.12. The van der Waals surface area contributed by atoms with E-state index in [2.05, 4.69) is 5.32 Å². The van der Waals surface area contributed by atoms with Gasteiger partial charge in [0.1, 0.15) is 11.3 Å². The zero-order valence-corrected chi connectivity index (χ0v) is 14.5. The number of esters is 1. The second-order valence-corrected chi connectivity index (χ2v) is 6.12. The number of aromatic hydroxyl groups is 1. The summed E-state index contributed by atoms with van der Waals surface area (Å²) in [6.45, 7) is 3.29. The zero-order valence-electron chi connectivity index (χ0n) is 14.5. The Labute approximate surface area is 151 Å². The van der Waals surface area contributed by atoms with Crippen molar-refractivity contribution in [2.45, 2.75) is 20.0 Å². The van der Waals surface area contributed by atoms with Gasteiger partial charge >= 0.3 is 5.97 Å². The van der Waals surface area contributed by atoms with Gasteiger partial charge in [-0.25, -0.2) is 4.79 Å². The fourth-order valence-electron chi connectivity index (χ4n) is 2.60. The molecule has 0 aliphatic carbocycles. The minimum atomic E-state index is -1.00. The van der Waals surface area contributed by atoms with Crippen molar-refractivity contribution < 1.29 is 19.4 Å². The van der Waals surface area contributed by atoms with Crippen LogP contribution in [-0.4, -0.2) is 23.1 Å². The molecule has 1 amide bonds. The summed E-state index contributed by atoms with van der Waals surface area (Å²) in [5.74, 6) is -1.36. The van der Waals surface area contributed by atoms with Crippen molar-refractivity contribution in [1.29, 1.82) is 0 Å². The first-order chi connectivity index (χ1) is 12.4. The van der Waals surface area contributed by atoms with Crippen molar-refractivity contribution in [3.05, 3.63) is 71.8 Å². The number of benzene rings is 3. The standard InChI is InChI=1S/C21H19NO4/c1-13-7-10-18(19(23)11-13)21(25)26-14(2)20(24)22-17-9-8-15-5-3-4-6-16(15)12-17/h3-12,14,23H,1-2H3,(H,22,24)/t14-/m0/s1. The summed E-state index contributed by atoms with van der Waals surface area (Å²) in [5.41, 5.74) is 1.47. The number of ether oxygens (including phenoxy) is 1. The van der Waals surface area contributed by atoms with Gasteiger partial charge in [0.05, 0.1) is 0 Å². The molecule has 26 heavy (non-hydrogen) atoms. The molecule has 0 fully saturated rings. The first kappa shape index (κ1) is 17.5. The van der Waals surface area contributed by atoms with E-state index in [-0.39, 0.29) is 11.3 Å². The normalized spacial score (nSPS) is 11.8. The van der Waals surface area contributed by atoms with Gasteiger partial charge in [0.25, 0.3) is 5.91 Å². The molecule has 5 nitrogen and oxygen atoms in total. The molecule has 0 spiro atoms. The van der Waals surface area contributed by atoms with Crippen LogP contribution in [0.4, 0.5) is 5.69 Å². The molecule has 5 heteroatoms. The molecular formula is C21H19NO4. The number of hydrogen-bond donors (Lipinski definition) is 2. The monoisotopic (exact) mass is 349 g/mol. The minimum absolute atomic E-state index is 0.0287. The number of carbonyl (C=O) groups excluding carboxylic acids is 2. The van der Waals surface area contributed by atoms with Crippen molar-refractivity contribution in [3.63, 3.8) is 0 Å².